The number of hydrogen-bond acceptors (Lipinski definition) is 5. The highest BCUT2D eigenvalue weighted by molar-refractivity contribution is 5.39. The zero-order chi connectivity index (χ0) is 23.6. The largest absolute Gasteiger partial charge is 0.472 e. The minimum Gasteiger partial charge on any atom is -0.472 e. The lowest BCUT2D eigenvalue weighted by atomic mass is 10.2. The summed E-state index contributed by atoms with van der Waals surface area (Å²) >= 11 is 0. The predicted molar refractivity (Wildman–Crippen MR) is 118 cm³/mol. The third-order valence-electron chi connectivity index (χ3n) is 4.56. The number of pyridine rings is 1. The molecule has 0 spiro atoms. The average Bonchev–Trinajstić information content (AvgIpc) is 3.11. The van der Waals surface area contributed by atoms with Gasteiger partial charge in [0.05, 0.1) is 12.2 Å². The fourth-order valence-corrected chi connectivity index (χ4v) is 3.09. The molecular weight excluding hydrogens is 430 g/mol. The molecule has 170 valence electrons. The molecular formula is C24H22F2N4O3. The molecule has 0 atom stereocenters. The molecule has 4 rings (SSSR count). The summed E-state index contributed by atoms with van der Waals surface area (Å²) < 4.78 is 41.7. The van der Waals surface area contributed by atoms with Gasteiger partial charge in [-0.3, -0.25) is 4.57 Å². The van der Waals surface area contributed by atoms with E-state index in [2.05, 4.69) is 10.1 Å². The van der Waals surface area contributed by atoms with E-state index in [1.165, 1.54) is 12.4 Å². The first-order valence-corrected chi connectivity index (χ1v) is 10.2. The topological polar surface area (TPSA) is 71.2 Å². The maximum atomic E-state index is 13.9. The zero-order valence-corrected chi connectivity index (χ0v) is 18.3. The summed E-state index contributed by atoms with van der Waals surface area (Å²) in [4.78, 5) is 16.9. The highest BCUT2D eigenvalue weighted by Crippen LogP contribution is 2.26. The number of aromatic nitrogens is 4. The van der Waals surface area contributed by atoms with Crippen molar-refractivity contribution < 1.29 is 18.3 Å². The average molecular weight is 452 g/mol. The summed E-state index contributed by atoms with van der Waals surface area (Å²) in [5.41, 5.74) is -0.631. The fourth-order valence-electron chi connectivity index (χ4n) is 3.09. The smallest absolute Gasteiger partial charge is 0.350 e. The van der Waals surface area contributed by atoms with E-state index in [9.17, 15) is 13.6 Å². The van der Waals surface area contributed by atoms with Gasteiger partial charge in [-0.15, -0.1) is 0 Å². The number of benzene rings is 2. The Morgan fingerprint density at radius 1 is 0.970 bits per heavy atom. The Morgan fingerprint density at radius 2 is 1.67 bits per heavy atom. The molecule has 0 aliphatic carbocycles. The summed E-state index contributed by atoms with van der Waals surface area (Å²) in [6.45, 7) is 5.52. The first-order chi connectivity index (χ1) is 15.7. The molecule has 0 amide bonds. The number of halogens is 2. The lowest BCUT2D eigenvalue weighted by molar-refractivity contribution is 0.124. The van der Waals surface area contributed by atoms with Crippen LogP contribution < -0.4 is 15.2 Å². The number of ether oxygens (including phenoxy) is 2. The predicted octanol–water partition coefficient (Wildman–Crippen LogP) is 4.73. The van der Waals surface area contributed by atoms with E-state index >= 15 is 0 Å². The van der Waals surface area contributed by atoms with Gasteiger partial charge in [0.1, 0.15) is 35.1 Å². The lowest BCUT2D eigenvalue weighted by Gasteiger charge is -2.20. The minimum atomic E-state index is -0.719. The van der Waals surface area contributed by atoms with Gasteiger partial charge >= 0.3 is 5.69 Å². The second-order valence-corrected chi connectivity index (χ2v) is 8.29. The van der Waals surface area contributed by atoms with Crippen molar-refractivity contribution in [1.82, 2.24) is 19.3 Å². The Labute approximate surface area is 188 Å². The van der Waals surface area contributed by atoms with Crippen LogP contribution in [0.4, 0.5) is 8.78 Å². The minimum absolute atomic E-state index is 0.199. The molecule has 2 aromatic carbocycles. The van der Waals surface area contributed by atoms with Gasteiger partial charge in [-0.2, -0.15) is 9.78 Å². The third kappa shape index (κ3) is 5.25. The van der Waals surface area contributed by atoms with E-state index < -0.39 is 17.3 Å². The molecule has 2 aromatic heterocycles. The molecule has 0 fully saturated rings. The molecule has 0 radical (unpaired) electrons. The SMILES string of the molecule is CC(C)(C)Oc1cc(Oc2ccc(-n3ncn(Cc4c(F)cccc4F)c3=O)cc2)ccn1. The van der Waals surface area contributed by atoms with Crippen LogP contribution in [0, 0.1) is 11.6 Å². The Kier molecular flexibility index (Phi) is 5.95. The second kappa shape index (κ2) is 8.85. The van der Waals surface area contributed by atoms with Crippen molar-refractivity contribution in [3.63, 3.8) is 0 Å². The van der Waals surface area contributed by atoms with E-state index in [4.69, 9.17) is 9.47 Å². The maximum absolute atomic E-state index is 13.9. The van der Waals surface area contributed by atoms with E-state index in [1.54, 1.807) is 42.6 Å². The standard InChI is InChI=1S/C24H22F2N4O3/c1-24(2,3)33-22-13-18(11-12-27-22)32-17-9-7-16(8-10-17)30-23(31)29(15-28-30)14-19-20(25)5-4-6-21(19)26/h4-13,15H,14H2,1-3H3. The van der Waals surface area contributed by atoms with Gasteiger partial charge in [0, 0.05) is 17.8 Å². The van der Waals surface area contributed by atoms with Crippen molar-refractivity contribution in [3.05, 3.63) is 94.8 Å². The van der Waals surface area contributed by atoms with E-state index in [0.717, 1.165) is 21.4 Å². The Hall–Kier alpha value is -4.01. The van der Waals surface area contributed by atoms with Crippen LogP contribution in [-0.2, 0) is 6.54 Å². The monoisotopic (exact) mass is 452 g/mol. The maximum Gasteiger partial charge on any atom is 0.350 e. The summed E-state index contributed by atoms with van der Waals surface area (Å²) in [5.74, 6) is 0.0876. The molecule has 0 saturated heterocycles. The van der Waals surface area contributed by atoms with Crippen LogP contribution in [0.15, 0.2) is 71.9 Å². The van der Waals surface area contributed by atoms with Gasteiger partial charge in [-0.25, -0.2) is 18.6 Å². The van der Waals surface area contributed by atoms with Gasteiger partial charge in [-0.1, -0.05) is 6.07 Å². The van der Waals surface area contributed by atoms with Crippen LogP contribution in [0.5, 0.6) is 17.4 Å². The van der Waals surface area contributed by atoms with Crippen LogP contribution in [0.3, 0.4) is 0 Å². The van der Waals surface area contributed by atoms with Gasteiger partial charge in [-0.05, 0) is 63.2 Å². The molecule has 2 heterocycles. The van der Waals surface area contributed by atoms with Crippen molar-refractivity contribution in [2.24, 2.45) is 0 Å². The van der Waals surface area contributed by atoms with Crippen LogP contribution in [-0.4, -0.2) is 24.9 Å². The van der Waals surface area contributed by atoms with Crippen LogP contribution >= 0.6 is 0 Å². The van der Waals surface area contributed by atoms with Crippen LogP contribution in [0.2, 0.25) is 0 Å². The van der Waals surface area contributed by atoms with Crippen LogP contribution in [0.25, 0.3) is 5.69 Å². The molecule has 9 heteroatoms. The molecule has 7 nitrogen and oxygen atoms in total. The molecule has 0 bridgehead atoms. The highest BCUT2D eigenvalue weighted by atomic mass is 19.1. The summed E-state index contributed by atoms with van der Waals surface area (Å²) in [7, 11) is 0. The fraction of sp³-hybridized carbons (Fsp3) is 0.208. The molecule has 0 saturated carbocycles. The Balaban J connectivity index is 1.50. The molecule has 0 aliphatic rings. The summed E-state index contributed by atoms with van der Waals surface area (Å²) in [6.07, 6.45) is 2.84. The highest BCUT2D eigenvalue weighted by Gasteiger charge is 2.15. The van der Waals surface area contributed by atoms with Crippen molar-refractivity contribution >= 4 is 0 Å². The van der Waals surface area contributed by atoms with E-state index in [1.807, 2.05) is 20.8 Å². The molecule has 0 aliphatic heterocycles. The zero-order valence-electron chi connectivity index (χ0n) is 18.3. The normalized spacial score (nSPS) is 11.4. The first-order valence-electron chi connectivity index (χ1n) is 10.2. The van der Waals surface area contributed by atoms with Crippen molar-refractivity contribution in [3.8, 4) is 23.1 Å². The van der Waals surface area contributed by atoms with Gasteiger partial charge in [0.2, 0.25) is 5.88 Å². The van der Waals surface area contributed by atoms with Crippen molar-refractivity contribution in [2.45, 2.75) is 32.9 Å². The molecule has 0 N–H and O–H groups in total. The van der Waals surface area contributed by atoms with Crippen molar-refractivity contribution in [1.29, 1.82) is 0 Å². The van der Waals surface area contributed by atoms with Crippen molar-refractivity contribution in [2.75, 3.05) is 0 Å². The number of nitrogens with zero attached hydrogens (tertiary/aromatic N) is 4. The van der Waals surface area contributed by atoms with E-state index in [-0.39, 0.29) is 17.7 Å². The van der Waals surface area contributed by atoms with E-state index in [0.29, 0.717) is 23.1 Å². The first kappa shape index (κ1) is 22.2. The molecule has 0 unspecified atom stereocenters. The summed E-state index contributed by atoms with van der Waals surface area (Å²) in [5, 5.41) is 4.06. The second-order valence-electron chi connectivity index (χ2n) is 8.29. The van der Waals surface area contributed by atoms with Gasteiger partial charge in [0.15, 0.2) is 0 Å². The number of hydrogen-bond donors (Lipinski definition) is 0. The Bertz CT molecular complexity index is 1300. The van der Waals surface area contributed by atoms with Gasteiger partial charge in [0.25, 0.3) is 0 Å². The van der Waals surface area contributed by atoms with Gasteiger partial charge < -0.3 is 9.47 Å². The summed E-state index contributed by atoms with van der Waals surface area (Å²) in [6, 6.07) is 13.6. The third-order valence-corrected chi connectivity index (χ3v) is 4.56. The Morgan fingerprint density at radius 3 is 2.33 bits per heavy atom. The lowest BCUT2D eigenvalue weighted by Crippen LogP contribution is -2.24. The number of rotatable bonds is 6. The van der Waals surface area contributed by atoms with Crippen LogP contribution in [0.1, 0.15) is 26.3 Å². The molecule has 4 aromatic rings. The quantitative estimate of drug-likeness (QED) is 0.423. The molecule has 33 heavy (non-hydrogen) atoms.